The van der Waals surface area contributed by atoms with Gasteiger partial charge in [0, 0.05) is 27.3 Å². The minimum atomic E-state index is -0.276. The van der Waals surface area contributed by atoms with E-state index in [1.54, 1.807) is 27.2 Å². The van der Waals surface area contributed by atoms with Crippen molar-refractivity contribution in [3.05, 3.63) is 23.5 Å². The highest BCUT2D eigenvalue weighted by Crippen LogP contribution is 2.30. The molecule has 1 saturated heterocycles. The van der Waals surface area contributed by atoms with Gasteiger partial charge >= 0.3 is 0 Å². The van der Waals surface area contributed by atoms with Gasteiger partial charge in [-0.3, -0.25) is 0 Å². The van der Waals surface area contributed by atoms with Crippen LogP contribution in [0.1, 0.15) is 5.56 Å². The van der Waals surface area contributed by atoms with E-state index in [4.69, 9.17) is 15.2 Å². The molecule has 1 aliphatic heterocycles. The summed E-state index contributed by atoms with van der Waals surface area (Å²) >= 11 is 0. The van der Waals surface area contributed by atoms with E-state index in [0.29, 0.717) is 24.3 Å². The summed E-state index contributed by atoms with van der Waals surface area (Å²) in [5.74, 6) is -0.276. The van der Waals surface area contributed by atoms with Crippen LogP contribution < -0.4 is 10.6 Å². The van der Waals surface area contributed by atoms with Crippen molar-refractivity contribution in [3.63, 3.8) is 0 Å². The molecule has 2 unspecified atom stereocenters. The maximum absolute atomic E-state index is 13.4. The van der Waals surface area contributed by atoms with Gasteiger partial charge in [-0.05, 0) is 24.6 Å². The van der Waals surface area contributed by atoms with Crippen LogP contribution in [0.3, 0.4) is 0 Å². The van der Waals surface area contributed by atoms with Crippen LogP contribution in [0.15, 0.2) is 12.1 Å². The molecule has 0 aliphatic carbocycles. The van der Waals surface area contributed by atoms with Crippen LogP contribution in [0, 0.1) is 12.7 Å². The Kier molecular flexibility index (Phi) is 3.73. The number of methoxy groups -OCH3 is 2. The fourth-order valence-corrected chi connectivity index (χ4v) is 2.35. The molecule has 0 amide bonds. The topological polar surface area (TPSA) is 47.7 Å². The lowest BCUT2D eigenvalue weighted by atomic mass is 10.1. The molecule has 5 heteroatoms. The number of nitrogens with zero attached hydrogens (tertiary/aromatic N) is 1. The number of hydrogen-bond donors (Lipinski definition) is 1. The van der Waals surface area contributed by atoms with Crippen LogP contribution in [0.4, 0.5) is 15.8 Å². The zero-order valence-electron chi connectivity index (χ0n) is 10.9. The molecule has 1 heterocycles. The first-order valence-electron chi connectivity index (χ1n) is 5.93. The highest BCUT2D eigenvalue weighted by molar-refractivity contribution is 5.69. The molecule has 1 aliphatic rings. The third-order valence-corrected chi connectivity index (χ3v) is 3.47. The fourth-order valence-electron chi connectivity index (χ4n) is 2.35. The van der Waals surface area contributed by atoms with Gasteiger partial charge in [-0.2, -0.15) is 0 Å². The standard InChI is InChI=1S/C13H19FN2O2/c1-8-4-11(10(15)5-9(8)14)16-6-12(17-2)13(7-16)18-3/h4-5,12-13H,6-7,15H2,1-3H3. The number of hydrogen-bond acceptors (Lipinski definition) is 4. The average Bonchev–Trinajstić information content (AvgIpc) is 2.76. The summed E-state index contributed by atoms with van der Waals surface area (Å²) in [5.41, 5.74) is 7.76. The molecule has 1 aromatic rings. The monoisotopic (exact) mass is 254 g/mol. The molecular formula is C13H19FN2O2. The molecule has 2 atom stereocenters. The Hall–Kier alpha value is -1.33. The molecule has 0 aromatic heterocycles. The molecule has 0 radical (unpaired) electrons. The van der Waals surface area contributed by atoms with Gasteiger partial charge in [-0.25, -0.2) is 4.39 Å². The number of halogens is 1. The molecule has 0 saturated carbocycles. The van der Waals surface area contributed by atoms with Gasteiger partial charge < -0.3 is 20.1 Å². The van der Waals surface area contributed by atoms with Gasteiger partial charge in [-0.15, -0.1) is 0 Å². The number of anilines is 2. The number of nitrogen functional groups attached to an aromatic ring is 1. The van der Waals surface area contributed by atoms with Crippen molar-refractivity contribution in [1.29, 1.82) is 0 Å². The second-order valence-corrected chi connectivity index (χ2v) is 4.61. The number of aryl methyl sites for hydroxylation is 1. The molecule has 100 valence electrons. The van der Waals surface area contributed by atoms with Crippen molar-refractivity contribution >= 4 is 11.4 Å². The van der Waals surface area contributed by atoms with E-state index in [9.17, 15) is 4.39 Å². The first kappa shape index (κ1) is 13.1. The Morgan fingerprint density at radius 3 is 2.28 bits per heavy atom. The zero-order valence-corrected chi connectivity index (χ0v) is 10.9. The first-order chi connectivity index (χ1) is 8.56. The normalized spacial score (nSPS) is 23.7. The Morgan fingerprint density at radius 2 is 1.78 bits per heavy atom. The van der Waals surface area contributed by atoms with Gasteiger partial charge in [0.05, 0.1) is 11.4 Å². The van der Waals surface area contributed by atoms with Crippen LogP contribution in [0.25, 0.3) is 0 Å². The van der Waals surface area contributed by atoms with Gasteiger partial charge in [0.25, 0.3) is 0 Å². The van der Waals surface area contributed by atoms with Crippen molar-refractivity contribution < 1.29 is 13.9 Å². The number of rotatable bonds is 3. The molecule has 0 spiro atoms. The third kappa shape index (κ3) is 2.28. The second-order valence-electron chi connectivity index (χ2n) is 4.61. The van der Waals surface area contributed by atoms with E-state index in [0.717, 1.165) is 5.69 Å². The molecular weight excluding hydrogens is 235 g/mol. The highest BCUT2D eigenvalue weighted by Gasteiger charge is 2.33. The van der Waals surface area contributed by atoms with E-state index < -0.39 is 0 Å². The average molecular weight is 254 g/mol. The minimum Gasteiger partial charge on any atom is -0.397 e. The van der Waals surface area contributed by atoms with E-state index in [1.165, 1.54) is 6.07 Å². The van der Waals surface area contributed by atoms with E-state index in [2.05, 4.69) is 4.90 Å². The molecule has 1 aromatic carbocycles. The highest BCUT2D eigenvalue weighted by atomic mass is 19.1. The summed E-state index contributed by atoms with van der Waals surface area (Å²) in [4.78, 5) is 2.07. The Bertz CT molecular complexity index is 427. The molecule has 0 bridgehead atoms. The summed E-state index contributed by atoms with van der Waals surface area (Å²) in [6.45, 7) is 3.13. The number of ether oxygens (including phenoxy) is 2. The predicted octanol–water partition coefficient (Wildman–Crippen LogP) is 1.57. The molecule has 1 fully saturated rings. The van der Waals surface area contributed by atoms with Crippen molar-refractivity contribution in [1.82, 2.24) is 0 Å². The van der Waals surface area contributed by atoms with Crippen LogP contribution in [0.5, 0.6) is 0 Å². The van der Waals surface area contributed by atoms with Crippen LogP contribution in [-0.2, 0) is 9.47 Å². The van der Waals surface area contributed by atoms with E-state index in [-0.39, 0.29) is 18.0 Å². The third-order valence-electron chi connectivity index (χ3n) is 3.47. The Balaban J connectivity index is 2.25. The Morgan fingerprint density at radius 1 is 1.22 bits per heavy atom. The largest absolute Gasteiger partial charge is 0.397 e. The molecule has 2 N–H and O–H groups in total. The lowest BCUT2D eigenvalue weighted by Gasteiger charge is -2.20. The maximum atomic E-state index is 13.4. The first-order valence-corrected chi connectivity index (χ1v) is 5.93. The van der Waals surface area contributed by atoms with Gasteiger partial charge in [0.1, 0.15) is 18.0 Å². The lowest BCUT2D eigenvalue weighted by molar-refractivity contribution is -0.00461. The van der Waals surface area contributed by atoms with Crippen molar-refractivity contribution in [2.45, 2.75) is 19.1 Å². The van der Waals surface area contributed by atoms with Crippen molar-refractivity contribution in [3.8, 4) is 0 Å². The van der Waals surface area contributed by atoms with Crippen molar-refractivity contribution in [2.75, 3.05) is 37.9 Å². The molecule has 2 rings (SSSR count). The summed E-state index contributed by atoms with van der Waals surface area (Å²) in [7, 11) is 3.33. The summed E-state index contributed by atoms with van der Waals surface area (Å²) in [5, 5.41) is 0. The lowest BCUT2D eigenvalue weighted by Crippen LogP contribution is -2.27. The summed E-state index contributed by atoms with van der Waals surface area (Å²) < 4.78 is 24.1. The molecule has 18 heavy (non-hydrogen) atoms. The summed E-state index contributed by atoms with van der Waals surface area (Å²) in [6.07, 6.45) is 0.0273. The number of nitrogens with two attached hydrogens (primary N) is 1. The van der Waals surface area contributed by atoms with Crippen LogP contribution in [-0.4, -0.2) is 39.5 Å². The quantitative estimate of drug-likeness (QED) is 0.832. The smallest absolute Gasteiger partial charge is 0.128 e. The zero-order chi connectivity index (χ0) is 13.3. The molecule has 4 nitrogen and oxygen atoms in total. The van der Waals surface area contributed by atoms with Gasteiger partial charge in [0.15, 0.2) is 0 Å². The van der Waals surface area contributed by atoms with E-state index in [1.807, 2.05) is 0 Å². The van der Waals surface area contributed by atoms with Crippen LogP contribution >= 0.6 is 0 Å². The summed E-state index contributed by atoms with van der Waals surface area (Å²) in [6, 6.07) is 3.14. The fraction of sp³-hybridized carbons (Fsp3) is 0.538. The second kappa shape index (κ2) is 5.12. The maximum Gasteiger partial charge on any atom is 0.128 e. The van der Waals surface area contributed by atoms with Gasteiger partial charge in [-0.1, -0.05) is 0 Å². The van der Waals surface area contributed by atoms with E-state index >= 15 is 0 Å². The van der Waals surface area contributed by atoms with Crippen LogP contribution in [0.2, 0.25) is 0 Å². The van der Waals surface area contributed by atoms with Gasteiger partial charge in [0.2, 0.25) is 0 Å². The van der Waals surface area contributed by atoms with Crippen molar-refractivity contribution in [2.24, 2.45) is 0 Å². The Labute approximate surface area is 106 Å². The SMILES string of the molecule is COC1CN(c2cc(C)c(F)cc2N)CC1OC. The number of benzene rings is 1. The predicted molar refractivity (Wildman–Crippen MR) is 69.4 cm³/mol. The minimum absolute atomic E-state index is 0.0137.